The second kappa shape index (κ2) is 6.66. The largest absolute Gasteiger partial charge is 0.338 e. The zero-order chi connectivity index (χ0) is 19.2. The van der Waals surface area contributed by atoms with Gasteiger partial charge in [-0.15, -0.1) is 5.10 Å². The number of likely N-dealkylation sites (tertiary alicyclic amines) is 1. The Bertz CT molecular complexity index is 844. The number of amides is 1. The number of carbonyl (C=O) groups excluding carboxylic acids is 1. The predicted octanol–water partition coefficient (Wildman–Crippen LogP) is 4.30. The number of fused-ring (bicyclic) bond motifs is 2. The van der Waals surface area contributed by atoms with Crippen molar-refractivity contribution in [2.45, 2.75) is 58.2 Å². The van der Waals surface area contributed by atoms with E-state index in [0.29, 0.717) is 22.4 Å². The summed E-state index contributed by atoms with van der Waals surface area (Å²) in [7, 11) is 0. The van der Waals surface area contributed by atoms with E-state index >= 15 is 0 Å². The zero-order valence-electron chi connectivity index (χ0n) is 16.6. The molecule has 1 aliphatic heterocycles. The first-order valence-corrected chi connectivity index (χ1v) is 10.6. The van der Waals surface area contributed by atoms with Crippen molar-refractivity contribution in [3.8, 4) is 11.4 Å². The van der Waals surface area contributed by atoms with Crippen LogP contribution in [0, 0.1) is 17.8 Å². The maximum absolute atomic E-state index is 12.9. The molecule has 144 valence electrons. The first kappa shape index (κ1) is 18.5. The van der Waals surface area contributed by atoms with Crippen molar-refractivity contribution >= 4 is 17.7 Å². The smallest absolute Gasteiger partial charge is 0.233 e. The van der Waals surface area contributed by atoms with Gasteiger partial charge in [-0.1, -0.05) is 62.4 Å². The van der Waals surface area contributed by atoms with Crippen LogP contribution in [0.3, 0.4) is 0 Å². The van der Waals surface area contributed by atoms with Gasteiger partial charge in [-0.3, -0.25) is 9.89 Å². The third kappa shape index (κ3) is 3.91. The van der Waals surface area contributed by atoms with Gasteiger partial charge in [-0.05, 0) is 37.0 Å². The molecular weight excluding hydrogens is 356 g/mol. The highest BCUT2D eigenvalue weighted by Gasteiger charge is 2.50. The maximum atomic E-state index is 12.9. The van der Waals surface area contributed by atoms with E-state index in [2.05, 4.69) is 59.9 Å². The maximum Gasteiger partial charge on any atom is 0.233 e. The summed E-state index contributed by atoms with van der Waals surface area (Å²) in [6.07, 6.45) is 3.45. The summed E-state index contributed by atoms with van der Waals surface area (Å²) in [4.78, 5) is 19.5. The van der Waals surface area contributed by atoms with E-state index in [0.717, 1.165) is 30.8 Å². The van der Waals surface area contributed by atoms with Crippen LogP contribution < -0.4 is 0 Å². The van der Waals surface area contributed by atoms with Crippen LogP contribution in [0.25, 0.3) is 11.4 Å². The first-order valence-electron chi connectivity index (χ1n) is 9.65. The minimum Gasteiger partial charge on any atom is -0.338 e. The van der Waals surface area contributed by atoms with E-state index in [1.54, 1.807) is 0 Å². The highest BCUT2D eigenvalue weighted by molar-refractivity contribution is 7.99. The lowest BCUT2D eigenvalue weighted by atomic mass is 9.65. The molecule has 5 nitrogen and oxygen atoms in total. The third-order valence-electron chi connectivity index (χ3n) is 5.85. The number of hydrogen-bond donors (Lipinski definition) is 1. The average molecular weight is 385 g/mol. The van der Waals surface area contributed by atoms with E-state index in [4.69, 9.17) is 0 Å². The van der Waals surface area contributed by atoms with Crippen LogP contribution in [0.5, 0.6) is 0 Å². The molecule has 2 atom stereocenters. The summed E-state index contributed by atoms with van der Waals surface area (Å²) in [6.45, 7) is 9.96. The minimum atomic E-state index is 0.216. The highest BCUT2D eigenvalue weighted by Crippen LogP contribution is 2.52. The van der Waals surface area contributed by atoms with Gasteiger partial charge in [0.05, 0.1) is 5.75 Å². The van der Waals surface area contributed by atoms with E-state index in [1.807, 2.05) is 12.1 Å². The van der Waals surface area contributed by atoms with Crippen molar-refractivity contribution in [2.75, 3.05) is 12.3 Å². The normalized spacial score (nSPS) is 26.4. The molecule has 1 saturated carbocycles. The van der Waals surface area contributed by atoms with E-state index in [-0.39, 0.29) is 11.3 Å². The fourth-order valence-electron chi connectivity index (χ4n) is 5.11. The Balaban J connectivity index is 1.38. The van der Waals surface area contributed by atoms with Crippen molar-refractivity contribution in [3.63, 3.8) is 0 Å². The van der Waals surface area contributed by atoms with Crippen LogP contribution in [0.15, 0.2) is 29.4 Å². The van der Waals surface area contributed by atoms with E-state index < -0.39 is 0 Å². The summed E-state index contributed by atoms with van der Waals surface area (Å²) in [5, 5.41) is 7.89. The van der Waals surface area contributed by atoms with Crippen LogP contribution in [-0.2, 0) is 4.79 Å². The number of aryl methyl sites for hydroxylation is 1. The number of nitrogens with one attached hydrogen (secondary N) is 1. The molecule has 1 aliphatic carbocycles. The fourth-order valence-corrected chi connectivity index (χ4v) is 5.80. The Morgan fingerprint density at radius 2 is 2.00 bits per heavy atom. The number of aromatic amines is 1. The molecule has 2 fully saturated rings. The van der Waals surface area contributed by atoms with Gasteiger partial charge < -0.3 is 4.90 Å². The van der Waals surface area contributed by atoms with Crippen LogP contribution in [0.2, 0.25) is 0 Å². The molecule has 2 aliphatic rings. The highest BCUT2D eigenvalue weighted by atomic mass is 32.2. The van der Waals surface area contributed by atoms with Gasteiger partial charge in [0.15, 0.2) is 5.82 Å². The van der Waals surface area contributed by atoms with E-state index in [9.17, 15) is 4.79 Å². The van der Waals surface area contributed by atoms with Crippen molar-refractivity contribution in [1.82, 2.24) is 20.1 Å². The number of rotatable bonds is 4. The number of aromatic nitrogens is 3. The second-order valence-electron chi connectivity index (χ2n) is 9.36. The molecule has 1 saturated heterocycles. The molecule has 0 spiro atoms. The van der Waals surface area contributed by atoms with Gasteiger partial charge in [0.2, 0.25) is 11.1 Å². The number of thioether (sulfide) groups is 1. The Morgan fingerprint density at radius 3 is 2.74 bits per heavy atom. The molecule has 2 heterocycles. The summed E-state index contributed by atoms with van der Waals surface area (Å²) >= 11 is 1.42. The molecule has 1 aromatic heterocycles. The quantitative estimate of drug-likeness (QED) is 0.799. The Hall–Kier alpha value is -1.82. The first-order chi connectivity index (χ1) is 12.7. The zero-order valence-corrected chi connectivity index (χ0v) is 17.4. The summed E-state index contributed by atoms with van der Waals surface area (Å²) in [5.41, 5.74) is 2.82. The predicted molar refractivity (Wildman–Crippen MR) is 109 cm³/mol. The topological polar surface area (TPSA) is 61.9 Å². The van der Waals surface area contributed by atoms with Gasteiger partial charge in [-0.2, -0.15) is 0 Å². The van der Waals surface area contributed by atoms with Crippen molar-refractivity contribution in [1.29, 1.82) is 0 Å². The SMILES string of the molecule is Cc1ccc(-c2nc(SCC(=O)N3C[C@@]4(C)C[C@@H]3CC(C)(C)C4)n[nH]2)cc1. The standard InChI is InChI=1S/C21H28N4OS/c1-14-5-7-15(8-6-14)18-22-19(24-23-18)27-11-17(26)25-13-21(4)10-16(25)9-20(2,3)12-21/h5-8,16H,9-13H2,1-4H3,(H,22,23,24)/t16-,21-/m0/s1. The number of nitrogens with zero attached hydrogens (tertiary/aromatic N) is 3. The summed E-state index contributed by atoms with van der Waals surface area (Å²) < 4.78 is 0. The Labute approximate surface area is 165 Å². The molecule has 27 heavy (non-hydrogen) atoms. The van der Waals surface area contributed by atoms with Crippen molar-refractivity contribution in [2.24, 2.45) is 10.8 Å². The third-order valence-corrected chi connectivity index (χ3v) is 6.68. The molecule has 4 rings (SSSR count). The van der Waals surface area contributed by atoms with Gasteiger partial charge >= 0.3 is 0 Å². The number of carbonyl (C=O) groups is 1. The molecule has 2 bridgehead atoms. The molecule has 0 unspecified atom stereocenters. The Morgan fingerprint density at radius 1 is 1.26 bits per heavy atom. The lowest BCUT2D eigenvalue weighted by molar-refractivity contribution is -0.129. The van der Waals surface area contributed by atoms with Crippen LogP contribution in [0.1, 0.15) is 45.6 Å². The van der Waals surface area contributed by atoms with Crippen molar-refractivity contribution in [3.05, 3.63) is 29.8 Å². The lowest BCUT2D eigenvalue weighted by Gasteiger charge is -2.39. The lowest BCUT2D eigenvalue weighted by Crippen LogP contribution is -2.38. The minimum absolute atomic E-state index is 0.216. The molecule has 1 N–H and O–H groups in total. The summed E-state index contributed by atoms with van der Waals surface area (Å²) in [5.74, 6) is 1.36. The van der Waals surface area contributed by atoms with Gasteiger partial charge in [0.1, 0.15) is 0 Å². The molecule has 2 aromatic rings. The molecule has 6 heteroatoms. The molecular formula is C21H28N4OS. The van der Waals surface area contributed by atoms with Crippen molar-refractivity contribution < 1.29 is 4.79 Å². The number of hydrogen-bond acceptors (Lipinski definition) is 4. The molecule has 1 aromatic carbocycles. The average Bonchev–Trinajstić information content (AvgIpc) is 3.14. The Kier molecular flexibility index (Phi) is 4.57. The summed E-state index contributed by atoms with van der Waals surface area (Å²) in [6, 6.07) is 8.57. The van der Waals surface area contributed by atoms with E-state index in [1.165, 1.54) is 23.7 Å². The van der Waals surface area contributed by atoms with Gasteiger partial charge in [0, 0.05) is 18.2 Å². The number of H-pyrrole nitrogens is 1. The monoisotopic (exact) mass is 384 g/mol. The fraction of sp³-hybridized carbons (Fsp3) is 0.571. The van der Waals surface area contributed by atoms with Crippen LogP contribution in [0.4, 0.5) is 0 Å². The van der Waals surface area contributed by atoms with Gasteiger partial charge in [0.25, 0.3) is 0 Å². The van der Waals surface area contributed by atoms with Crippen LogP contribution in [-0.4, -0.2) is 44.3 Å². The molecule has 1 amide bonds. The van der Waals surface area contributed by atoms with Crippen LogP contribution >= 0.6 is 11.8 Å². The van der Waals surface area contributed by atoms with Gasteiger partial charge in [-0.25, -0.2) is 4.98 Å². The molecule has 0 radical (unpaired) electrons. The second-order valence-corrected chi connectivity index (χ2v) is 10.3. The number of benzene rings is 1.